The summed E-state index contributed by atoms with van der Waals surface area (Å²) in [7, 11) is 0. The summed E-state index contributed by atoms with van der Waals surface area (Å²) in [5.41, 5.74) is 4.65. The van der Waals surface area contributed by atoms with Crippen molar-refractivity contribution in [1.82, 2.24) is 29.8 Å². The van der Waals surface area contributed by atoms with E-state index < -0.39 is 0 Å². The minimum Gasteiger partial charge on any atom is -0.274 e. The van der Waals surface area contributed by atoms with Gasteiger partial charge in [0.05, 0.1) is 22.8 Å². The smallest absolute Gasteiger partial charge is 0.200 e. The fourth-order valence-corrected chi connectivity index (χ4v) is 2.89. The van der Waals surface area contributed by atoms with Crippen LogP contribution in [-0.4, -0.2) is 29.8 Å². The maximum Gasteiger partial charge on any atom is 0.200 e. The van der Waals surface area contributed by atoms with E-state index in [1.165, 1.54) is 0 Å². The van der Waals surface area contributed by atoms with Gasteiger partial charge in [-0.05, 0) is 30.3 Å². The Kier molecular flexibility index (Phi) is 3.02. The van der Waals surface area contributed by atoms with E-state index in [2.05, 4.69) is 31.3 Å². The van der Waals surface area contributed by atoms with Gasteiger partial charge in [-0.2, -0.15) is 10.4 Å². The Morgan fingerprint density at radius 3 is 2.73 bits per heavy atom. The van der Waals surface area contributed by atoms with Gasteiger partial charge in [0.25, 0.3) is 0 Å². The van der Waals surface area contributed by atoms with Gasteiger partial charge in [0.15, 0.2) is 11.5 Å². The summed E-state index contributed by atoms with van der Waals surface area (Å²) in [6, 6.07) is 19.1. The number of hydrogen-bond donors (Lipinski definition) is 1. The fraction of sp³-hybridized carbons (Fsp3) is 0. The lowest BCUT2D eigenvalue weighted by atomic mass is 10.1. The molecule has 0 saturated heterocycles. The van der Waals surface area contributed by atoms with Crippen LogP contribution in [0.1, 0.15) is 5.56 Å². The molecule has 0 radical (unpaired) electrons. The van der Waals surface area contributed by atoms with Crippen LogP contribution in [-0.2, 0) is 0 Å². The third kappa shape index (κ3) is 2.21. The molecular formula is C19H11N7. The monoisotopic (exact) mass is 337 g/mol. The average molecular weight is 337 g/mol. The van der Waals surface area contributed by atoms with Gasteiger partial charge in [0.2, 0.25) is 0 Å². The largest absolute Gasteiger partial charge is 0.274 e. The van der Waals surface area contributed by atoms with Crippen LogP contribution >= 0.6 is 0 Å². The lowest BCUT2D eigenvalue weighted by Crippen LogP contribution is -1.90. The van der Waals surface area contributed by atoms with Crippen LogP contribution in [0.5, 0.6) is 0 Å². The Bertz CT molecular complexity index is 1290. The molecule has 2 aromatic carbocycles. The van der Waals surface area contributed by atoms with Crippen molar-refractivity contribution >= 4 is 16.6 Å². The zero-order valence-electron chi connectivity index (χ0n) is 13.5. The molecule has 0 fully saturated rings. The van der Waals surface area contributed by atoms with Gasteiger partial charge in [-0.15, -0.1) is 5.10 Å². The number of nitrogens with one attached hydrogen (secondary N) is 1. The first-order chi connectivity index (χ1) is 12.8. The van der Waals surface area contributed by atoms with Crippen LogP contribution in [0.2, 0.25) is 0 Å². The van der Waals surface area contributed by atoms with Gasteiger partial charge in [0.1, 0.15) is 12.0 Å². The Labute approximate surface area is 147 Å². The number of rotatable bonds is 2. The lowest BCUT2D eigenvalue weighted by molar-refractivity contribution is 0.933. The first-order valence-corrected chi connectivity index (χ1v) is 7.98. The third-order valence-electron chi connectivity index (χ3n) is 4.21. The lowest BCUT2D eigenvalue weighted by Gasteiger charge is -1.96. The van der Waals surface area contributed by atoms with E-state index in [1.54, 1.807) is 23.0 Å². The molecule has 5 aromatic rings. The molecule has 0 aliphatic carbocycles. The maximum atomic E-state index is 8.90. The Balaban J connectivity index is 1.59. The van der Waals surface area contributed by atoms with Gasteiger partial charge in [0, 0.05) is 10.9 Å². The first kappa shape index (κ1) is 14.3. The molecule has 5 rings (SSSR count). The number of nitriles is 1. The molecule has 0 atom stereocenters. The highest BCUT2D eigenvalue weighted by Gasteiger charge is 2.13. The van der Waals surface area contributed by atoms with Crippen molar-refractivity contribution in [1.29, 1.82) is 5.26 Å². The molecule has 0 unspecified atom stereocenters. The second-order valence-corrected chi connectivity index (χ2v) is 5.82. The van der Waals surface area contributed by atoms with Crippen molar-refractivity contribution in [3.05, 3.63) is 66.5 Å². The van der Waals surface area contributed by atoms with Crippen LogP contribution < -0.4 is 0 Å². The molecule has 0 bridgehead atoms. The number of hydrogen-bond acceptors (Lipinski definition) is 5. The van der Waals surface area contributed by atoms with Crippen LogP contribution in [0.15, 0.2) is 60.9 Å². The number of para-hydroxylation sites is 1. The van der Waals surface area contributed by atoms with E-state index in [-0.39, 0.29) is 0 Å². The number of fused-ring (bicyclic) bond motifs is 3. The highest BCUT2D eigenvalue weighted by molar-refractivity contribution is 5.91. The normalized spacial score (nSPS) is 11.0. The van der Waals surface area contributed by atoms with E-state index in [4.69, 9.17) is 5.26 Å². The van der Waals surface area contributed by atoms with E-state index in [0.717, 1.165) is 33.5 Å². The Morgan fingerprint density at radius 1 is 1.04 bits per heavy atom. The molecule has 3 aromatic heterocycles. The molecule has 26 heavy (non-hydrogen) atoms. The van der Waals surface area contributed by atoms with Crippen LogP contribution in [0.3, 0.4) is 0 Å². The number of benzene rings is 2. The molecule has 3 heterocycles. The summed E-state index contributed by atoms with van der Waals surface area (Å²) in [6.07, 6.45) is 1.66. The molecule has 7 heteroatoms. The first-order valence-electron chi connectivity index (χ1n) is 7.98. The third-order valence-corrected chi connectivity index (χ3v) is 4.21. The van der Waals surface area contributed by atoms with E-state index in [9.17, 15) is 0 Å². The summed E-state index contributed by atoms with van der Waals surface area (Å²) < 4.78 is 1.67. The predicted molar refractivity (Wildman–Crippen MR) is 96.0 cm³/mol. The number of aromatic amines is 1. The summed E-state index contributed by atoms with van der Waals surface area (Å²) in [5.74, 6) is 0.551. The highest BCUT2D eigenvalue weighted by atomic mass is 15.3. The van der Waals surface area contributed by atoms with Crippen molar-refractivity contribution in [3.8, 4) is 28.8 Å². The van der Waals surface area contributed by atoms with Crippen molar-refractivity contribution in [2.24, 2.45) is 0 Å². The molecule has 0 aliphatic rings. The van der Waals surface area contributed by atoms with Crippen LogP contribution in [0, 0.1) is 11.3 Å². The van der Waals surface area contributed by atoms with E-state index >= 15 is 0 Å². The summed E-state index contributed by atoms with van der Waals surface area (Å²) >= 11 is 0. The van der Waals surface area contributed by atoms with Crippen molar-refractivity contribution in [3.63, 3.8) is 0 Å². The minimum atomic E-state index is 0.551. The van der Waals surface area contributed by atoms with Crippen LogP contribution in [0.25, 0.3) is 39.3 Å². The minimum absolute atomic E-state index is 0.551. The van der Waals surface area contributed by atoms with Gasteiger partial charge >= 0.3 is 0 Å². The molecule has 0 amide bonds. The fourth-order valence-electron chi connectivity index (χ4n) is 2.89. The Hall–Kier alpha value is -4.05. The number of H-pyrrole nitrogens is 1. The molecule has 122 valence electrons. The average Bonchev–Trinajstić information content (AvgIpc) is 3.35. The van der Waals surface area contributed by atoms with Gasteiger partial charge in [-0.1, -0.05) is 24.3 Å². The second kappa shape index (κ2) is 5.50. The van der Waals surface area contributed by atoms with E-state index in [0.29, 0.717) is 11.4 Å². The summed E-state index contributed by atoms with van der Waals surface area (Å²) in [5, 5.41) is 21.7. The van der Waals surface area contributed by atoms with Gasteiger partial charge < -0.3 is 0 Å². The van der Waals surface area contributed by atoms with Gasteiger partial charge in [-0.25, -0.2) is 14.5 Å². The molecule has 7 nitrogen and oxygen atoms in total. The zero-order valence-corrected chi connectivity index (χ0v) is 13.5. The quantitative estimate of drug-likeness (QED) is 0.533. The van der Waals surface area contributed by atoms with Crippen molar-refractivity contribution in [2.75, 3.05) is 0 Å². The number of aromatic nitrogens is 6. The topological polar surface area (TPSA) is 95.5 Å². The SMILES string of the molecule is N#Cc1ccc(-c2cc(-c3nc4c5ccccc5ncn4n3)[nH]n2)cc1. The van der Waals surface area contributed by atoms with Crippen molar-refractivity contribution in [2.45, 2.75) is 0 Å². The molecular weight excluding hydrogens is 326 g/mol. The predicted octanol–water partition coefficient (Wildman–Crippen LogP) is 3.21. The van der Waals surface area contributed by atoms with Crippen molar-refractivity contribution < 1.29 is 0 Å². The summed E-state index contributed by atoms with van der Waals surface area (Å²) in [6.45, 7) is 0. The van der Waals surface area contributed by atoms with Gasteiger partial charge in [-0.3, -0.25) is 5.10 Å². The summed E-state index contributed by atoms with van der Waals surface area (Å²) in [4.78, 5) is 9.04. The maximum absolute atomic E-state index is 8.90. The molecule has 1 N–H and O–H groups in total. The van der Waals surface area contributed by atoms with Crippen LogP contribution in [0.4, 0.5) is 0 Å². The molecule has 0 spiro atoms. The van der Waals surface area contributed by atoms with E-state index in [1.807, 2.05) is 42.5 Å². The second-order valence-electron chi connectivity index (χ2n) is 5.82. The molecule has 0 aliphatic heterocycles. The highest BCUT2D eigenvalue weighted by Crippen LogP contribution is 2.24. The standard InChI is InChI=1S/C19H11N7/c20-10-12-5-7-13(8-6-12)16-9-17(24-23-16)18-22-19-14-3-1-2-4-15(14)21-11-26(19)25-18/h1-9,11H,(H,23,24). The Morgan fingerprint density at radius 2 is 1.88 bits per heavy atom. The zero-order chi connectivity index (χ0) is 17.5. The molecule has 0 saturated carbocycles. The number of nitrogens with zero attached hydrogens (tertiary/aromatic N) is 6.